The number of ether oxygens (including phenoxy) is 1. The topological polar surface area (TPSA) is 46.6 Å². The van der Waals surface area contributed by atoms with Gasteiger partial charge in [-0.15, -0.1) is 11.8 Å². The van der Waals surface area contributed by atoms with Gasteiger partial charge in [-0.05, 0) is 37.6 Å². The number of carbonyl (C=O) groups excluding carboxylic acids is 2. The Morgan fingerprint density at radius 2 is 1.79 bits per heavy atom. The fraction of sp³-hybridized carbons (Fsp3) is 0.263. The van der Waals surface area contributed by atoms with Gasteiger partial charge >= 0.3 is 5.97 Å². The van der Waals surface area contributed by atoms with Gasteiger partial charge in [-0.1, -0.05) is 35.9 Å². The standard InChI is InChI=1S/C19H21NO3S/c1-14-9-10-15(2)17(11-14)24-13-19(22)23-12-18(21)20(3)16-7-5-4-6-8-16/h4-11H,12-13H2,1-3H3. The summed E-state index contributed by atoms with van der Waals surface area (Å²) in [6.07, 6.45) is 0. The van der Waals surface area contributed by atoms with Crippen LogP contribution in [0.15, 0.2) is 53.4 Å². The summed E-state index contributed by atoms with van der Waals surface area (Å²) >= 11 is 1.43. The molecular formula is C19H21NO3S. The summed E-state index contributed by atoms with van der Waals surface area (Å²) in [7, 11) is 1.66. The molecule has 126 valence electrons. The fourth-order valence-corrected chi connectivity index (χ4v) is 3.00. The quantitative estimate of drug-likeness (QED) is 0.594. The van der Waals surface area contributed by atoms with Crippen LogP contribution in [0.4, 0.5) is 5.69 Å². The van der Waals surface area contributed by atoms with Crippen LogP contribution in [0.2, 0.25) is 0 Å². The van der Waals surface area contributed by atoms with Gasteiger partial charge in [-0.3, -0.25) is 9.59 Å². The Hall–Kier alpha value is -2.27. The third-order valence-corrected chi connectivity index (χ3v) is 4.69. The molecule has 0 saturated heterocycles. The summed E-state index contributed by atoms with van der Waals surface area (Å²) in [5.41, 5.74) is 3.04. The predicted molar refractivity (Wildman–Crippen MR) is 97.5 cm³/mol. The van der Waals surface area contributed by atoms with E-state index >= 15 is 0 Å². The Kier molecular flexibility index (Phi) is 6.44. The van der Waals surface area contributed by atoms with Crippen molar-refractivity contribution in [1.82, 2.24) is 0 Å². The molecule has 0 aliphatic rings. The molecular weight excluding hydrogens is 322 g/mol. The number of benzene rings is 2. The molecule has 0 saturated carbocycles. The molecule has 5 heteroatoms. The third kappa shape index (κ3) is 5.13. The number of hydrogen-bond acceptors (Lipinski definition) is 4. The first-order valence-electron chi connectivity index (χ1n) is 7.64. The Morgan fingerprint density at radius 1 is 1.08 bits per heavy atom. The van der Waals surface area contributed by atoms with Crippen LogP contribution in [-0.2, 0) is 14.3 Å². The molecule has 0 spiro atoms. The molecule has 1 amide bonds. The number of esters is 1. The Bertz CT molecular complexity index is 716. The summed E-state index contributed by atoms with van der Waals surface area (Å²) in [5.74, 6) is -0.464. The van der Waals surface area contributed by atoms with Gasteiger partial charge in [-0.2, -0.15) is 0 Å². The van der Waals surface area contributed by atoms with E-state index < -0.39 is 5.97 Å². The molecule has 2 aromatic rings. The van der Waals surface area contributed by atoms with E-state index in [2.05, 4.69) is 0 Å². The number of hydrogen-bond donors (Lipinski definition) is 0. The van der Waals surface area contributed by atoms with Crippen LogP contribution in [-0.4, -0.2) is 31.3 Å². The van der Waals surface area contributed by atoms with E-state index in [1.54, 1.807) is 7.05 Å². The van der Waals surface area contributed by atoms with Crippen molar-refractivity contribution in [2.24, 2.45) is 0 Å². The zero-order valence-corrected chi connectivity index (χ0v) is 14.9. The number of nitrogens with zero attached hydrogens (tertiary/aromatic N) is 1. The van der Waals surface area contributed by atoms with Crippen molar-refractivity contribution in [3.8, 4) is 0 Å². The number of likely N-dealkylation sites (N-methyl/N-ethyl adjacent to an activating group) is 1. The van der Waals surface area contributed by atoms with Crippen molar-refractivity contribution >= 4 is 29.3 Å². The van der Waals surface area contributed by atoms with E-state index in [4.69, 9.17) is 4.74 Å². The summed E-state index contributed by atoms with van der Waals surface area (Å²) < 4.78 is 5.09. The highest BCUT2D eigenvalue weighted by molar-refractivity contribution is 8.00. The van der Waals surface area contributed by atoms with Crippen molar-refractivity contribution in [1.29, 1.82) is 0 Å². The van der Waals surface area contributed by atoms with E-state index in [9.17, 15) is 9.59 Å². The van der Waals surface area contributed by atoms with Crippen LogP contribution in [0.1, 0.15) is 11.1 Å². The van der Waals surface area contributed by atoms with Crippen molar-refractivity contribution in [2.45, 2.75) is 18.7 Å². The Balaban J connectivity index is 1.80. The first kappa shape index (κ1) is 18.1. The van der Waals surface area contributed by atoms with Gasteiger partial charge < -0.3 is 9.64 Å². The second-order valence-corrected chi connectivity index (χ2v) is 6.52. The number of carbonyl (C=O) groups is 2. The normalized spacial score (nSPS) is 10.3. The monoisotopic (exact) mass is 343 g/mol. The van der Waals surface area contributed by atoms with Gasteiger partial charge in [0.1, 0.15) is 0 Å². The third-order valence-electron chi connectivity index (χ3n) is 3.56. The molecule has 2 rings (SSSR count). The summed E-state index contributed by atoms with van der Waals surface area (Å²) in [6.45, 7) is 3.77. The molecule has 0 aromatic heterocycles. The van der Waals surface area contributed by atoms with Crippen molar-refractivity contribution in [3.05, 3.63) is 59.7 Å². The highest BCUT2D eigenvalue weighted by Gasteiger charge is 2.14. The van der Waals surface area contributed by atoms with Crippen LogP contribution in [0, 0.1) is 13.8 Å². The molecule has 0 aliphatic carbocycles. The van der Waals surface area contributed by atoms with Gasteiger partial charge in [0.05, 0.1) is 5.75 Å². The lowest BCUT2D eigenvalue weighted by Gasteiger charge is -2.17. The van der Waals surface area contributed by atoms with Crippen LogP contribution >= 0.6 is 11.8 Å². The zero-order chi connectivity index (χ0) is 17.5. The van der Waals surface area contributed by atoms with Crippen molar-refractivity contribution in [3.63, 3.8) is 0 Å². The first-order chi connectivity index (χ1) is 11.5. The van der Waals surface area contributed by atoms with Gasteiger partial charge in [0, 0.05) is 17.6 Å². The highest BCUT2D eigenvalue weighted by atomic mass is 32.2. The smallest absolute Gasteiger partial charge is 0.316 e. The first-order valence-corrected chi connectivity index (χ1v) is 8.63. The number of rotatable bonds is 6. The predicted octanol–water partition coefficient (Wildman–Crippen LogP) is 3.60. The number of thioether (sulfide) groups is 1. The van der Waals surface area contributed by atoms with E-state index in [0.29, 0.717) is 0 Å². The number of para-hydroxylation sites is 1. The van der Waals surface area contributed by atoms with E-state index in [1.807, 2.05) is 62.4 Å². The molecule has 0 N–H and O–H groups in total. The average molecular weight is 343 g/mol. The molecule has 24 heavy (non-hydrogen) atoms. The van der Waals surface area contributed by atoms with Crippen molar-refractivity contribution < 1.29 is 14.3 Å². The van der Waals surface area contributed by atoms with Gasteiger partial charge in [0.2, 0.25) is 0 Å². The van der Waals surface area contributed by atoms with Gasteiger partial charge in [0.25, 0.3) is 5.91 Å². The maximum Gasteiger partial charge on any atom is 0.316 e. The SMILES string of the molecule is Cc1ccc(C)c(SCC(=O)OCC(=O)N(C)c2ccccc2)c1. The van der Waals surface area contributed by atoms with Gasteiger partial charge in [0.15, 0.2) is 6.61 Å². The second-order valence-electron chi connectivity index (χ2n) is 5.51. The van der Waals surface area contributed by atoms with E-state index in [-0.39, 0.29) is 18.3 Å². The number of aryl methyl sites for hydroxylation is 2. The molecule has 4 nitrogen and oxygen atoms in total. The minimum absolute atomic E-state index is 0.187. The summed E-state index contributed by atoms with van der Waals surface area (Å²) in [6, 6.07) is 15.4. The van der Waals surface area contributed by atoms with E-state index in [0.717, 1.165) is 21.7 Å². The molecule has 0 bridgehead atoms. The minimum Gasteiger partial charge on any atom is -0.455 e. The van der Waals surface area contributed by atoms with E-state index in [1.165, 1.54) is 16.7 Å². The lowest BCUT2D eigenvalue weighted by atomic mass is 10.2. The van der Waals surface area contributed by atoms with Crippen LogP contribution in [0.25, 0.3) is 0 Å². The van der Waals surface area contributed by atoms with Crippen molar-refractivity contribution in [2.75, 3.05) is 24.3 Å². The molecule has 2 aromatic carbocycles. The summed E-state index contributed by atoms with van der Waals surface area (Å²) in [4.78, 5) is 26.5. The number of amides is 1. The molecule has 0 fully saturated rings. The second kappa shape index (κ2) is 8.55. The minimum atomic E-state index is -0.393. The molecule has 0 aliphatic heterocycles. The maximum atomic E-state index is 12.1. The molecule has 0 heterocycles. The number of anilines is 1. The summed E-state index contributed by atoms with van der Waals surface area (Å²) in [5, 5.41) is 0. The van der Waals surface area contributed by atoms with Crippen LogP contribution in [0.3, 0.4) is 0 Å². The lowest BCUT2D eigenvalue weighted by Crippen LogP contribution is -2.31. The zero-order valence-electron chi connectivity index (χ0n) is 14.1. The lowest BCUT2D eigenvalue weighted by molar-refractivity contribution is -0.145. The average Bonchev–Trinajstić information content (AvgIpc) is 2.60. The van der Waals surface area contributed by atoms with Gasteiger partial charge in [-0.25, -0.2) is 0 Å². The fourth-order valence-electron chi connectivity index (χ4n) is 2.08. The molecule has 0 unspecified atom stereocenters. The van der Waals surface area contributed by atoms with Crippen LogP contribution < -0.4 is 4.90 Å². The highest BCUT2D eigenvalue weighted by Crippen LogP contribution is 2.23. The largest absolute Gasteiger partial charge is 0.455 e. The molecule has 0 radical (unpaired) electrons. The maximum absolute atomic E-state index is 12.1. The molecule has 0 atom stereocenters. The Labute approximate surface area is 146 Å². The van der Waals surface area contributed by atoms with Crippen LogP contribution in [0.5, 0.6) is 0 Å². The Morgan fingerprint density at radius 3 is 2.50 bits per heavy atom.